The first-order valence-electron chi connectivity index (χ1n) is 12.3. The Morgan fingerprint density at radius 3 is 2.47 bits per heavy atom. The summed E-state index contributed by atoms with van der Waals surface area (Å²) in [6.45, 7) is 4.15. The fourth-order valence-electron chi connectivity index (χ4n) is 6.80. The topological polar surface area (TPSA) is 173 Å². The number of amides is 1. The van der Waals surface area contributed by atoms with Crippen LogP contribution in [0.5, 0.6) is 5.75 Å². The number of rotatable bonds is 6. The summed E-state index contributed by atoms with van der Waals surface area (Å²) in [5.41, 5.74) is 2.97. The molecule has 3 aliphatic rings. The minimum atomic E-state index is -2.43. The van der Waals surface area contributed by atoms with Crippen molar-refractivity contribution >= 4 is 17.5 Å². The largest absolute Gasteiger partial charge is 0.510 e. The number of unbranched alkanes of at least 4 members (excludes halogenated alkanes) is 1. The number of phenols is 1. The lowest BCUT2D eigenvalue weighted by Crippen LogP contribution is -2.78. The number of fused-ring (bicyclic) bond motifs is 3. The molecule has 10 nitrogen and oxygen atoms in total. The Bertz CT molecular complexity index is 1130. The van der Waals surface area contributed by atoms with Crippen LogP contribution in [-0.2, 0) is 9.59 Å². The summed E-state index contributed by atoms with van der Waals surface area (Å²) in [6, 6.07) is 2.43. The minimum absolute atomic E-state index is 0.101. The number of aliphatic hydroxyl groups excluding tert-OH is 2. The Morgan fingerprint density at radius 1 is 1.22 bits per heavy atom. The zero-order valence-corrected chi connectivity index (χ0v) is 20.9. The molecule has 8 atom stereocenters. The summed E-state index contributed by atoms with van der Waals surface area (Å²) in [5, 5.41) is 48.8. The third-order valence-corrected chi connectivity index (χ3v) is 8.37. The van der Waals surface area contributed by atoms with Crippen LogP contribution in [0.4, 0.5) is 0 Å². The van der Waals surface area contributed by atoms with E-state index in [1.165, 1.54) is 11.0 Å². The number of phenolic OH excluding ortho intramolecular Hbond substituents is 1. The predicted molar refractivity (Wildman–Crippen MR) is 130 cm³/mol. The number of carbonyl (C=O) groups is 3. The van der Waals surface area contributed by atoms with Gasteiger partial charge in [0.05, 0.1) is 23.8 Å². The van der Waals surface area contributed by atoms with E-state index in [1.54, 1.807) is 26.2 Å². The quantitative estimate of drug-likeness (QED) is 0.235. The van der Waals surface area contributed by atoms with Crippen molar-refractivity contribution in [1.29, 1.82) is 0 Å². The number of nitrogens with one attached hydrogen (secondary N) is 1. The molecule has 7 N–H and O–H groups in total. The first-order chi connectivity index (χ1) is 16.9. The molecular formula is C26H35N3O7. The molecule has 4 unspecified atom stereocenters. The van der Waals surface area contributed by atoms with Crippen molar-refractivity contribution in [2.24, 2.45) is 23.5 Å². The Kier molecular flexibility index (Phi) is 6.76. The van der Waals surface area contributed by atoms with Gasteiger partial charge in [-0.2, -0.15) is 0 Å². The van der Waals surface area contributed by atoms with Gasteiger partial charge in [-0.1, -0.05) is 32.4 Å². The van der Waals surface area contributed by atoms with Gasteiger partial charge in [0.2, 0.25) is 5.78 Å². The average molecular weight is 502 g/mol. The highest BCUT2D eigenvalue weighted by Crippen LogP contribution is 2.56. The van der Waals surface area contributed by atoms with Crippen LogP contribution in [0.25, 0.3) is 0 Å². The van der Waals surface area contributed by atoms with E-state index in [2.05, 4.69) is 5.32 Å². The first-order valence-corrected chi connectivity index (χ1v) is 12.3. The number of likely N-dealkylation sites (N-methyl/N-ethyl adjacent to an activating group) is 1. The average Bonchev–Trinajstić information content (AvgIpc) is 2.80. The smallest absolute Gasteiger partial charge is 0.255 e. The lowest BCUT2D eigenvalue weighted by molar-refractivity contribution is -0.192. The maximum atomic E-state index is 13.9. The fourth-order valence-corrected chi connectivity index (χ4v) is 6.80. The summed E-state index contributed by atoms with van der Waals surface area (Å²) in [6.07, 6.45) is 0.0672. The molecular weight excluding hydrogens is 466 g/mol. The van der Waals surface area contributed by atoms with Gasteiger partial charge in [0, 0.05) is 17.8 Å². The van der Waals surface area contributed by atoms with Gasteiger partial charge in [0.15, 0.2) is 11.4 Å². The summed E-state index contributed by atoms with van der Waals surface area (Å²) in [5.74, 6) is -7.16. The highest BCUT2D eigenvalue weighted by Gasteiger charge is 2.70. The van der Waals surface area contributed by atoms with Crippen LogP contribution >= 0.6 is 0 Å². The SMILES string of the molecule is CCCCNC1C2C(=O)c3c(O)cccc3[C@H](C)C2[C@H](O)C2[C@H](N(C)C)C(O)=C(C(N)=O)C(=O)[C@@]12O. The molecule has 0 saturated heterocycles. The number of hydrogen-bond donors (Lipinski definition) is 6. The molecule has 1 aromatic carbocycles. The Hall–Kier alpha value is -2.79. The van der Waals surface area contributed by atoms with Crippen molar-refractivity contribution in [3.63, 3.8) is 0 Å². The van der Waals surface area contributed by atoms with Gasteiger partial charge in [-0.25, -0.2) is 0 Å². The number of hydrogen-bond acceptors (Lipinski definition) is 9. The second-order valence-corrected chi connectivity index (χ2v) is 10.5. The molecule has 4 rings (SSSR count). The van der Waals surface area contributed by atoms with E-state index in [1.807, 2.05) is 13.8 Å². The molecule has 1 saturated carbocycles. The summed E-state index contributed by atoms with van der Waals surface area (Å²) >= 11 is 0. The Labute approximate surface area is 209 Å². The maximum Gasteiger partial charge on any atom is 0.255 e. The van der Waals surface area contributed by atoms with Crippen LogP contribution < -0.4 is 11.1 Å². The number of primary amides is 1. The van der Waals surface area contributed by atoms with E-state index in [0.717, 1.165) is 6.42 Å². The van der Waals surface area contributed by atoms with Crippen LogP contribution in [-0.4, -0.2) is 87.2 Å². The second kappa shape index (κ2) is 9.26. The van der Waals surface area contributed by atoms with Crippen molar-refractivity contribution in [2.45, 2.75) is 56.4 Å². The predicted octanol–water partition coefficient (Wildman–Crippen LogP) is 0.215. The zero-order valence-electron chi connectivity index (χ0n) is 20.9. The van der Waals surface area contributed by atoms with Crippen LogP contribution in [0.1, 0.15) is 48.5 Å². The van der Waals surface area contributed by atoms with Crippen molar-refractivity contribution in [3.05, 3.63) is 40.7 Å². The monoisotopic (exact) mass is 501 g/mol. The van der Waals surface area contributed by atoms with Gasteiger partial charge in [0.1, 0.15) is 17.1 Å². The number of ketones is 2. The summed E-state index contributed by atoms with van der Waals surface area (Å²) in [7, 11) is 3.19. The third kappa shape index (κ3) is 3.50. The van der Waals surface area contributed by atoms with Gasteiger partial charge in [-0.05, 0) is 44.6 Å². The molecule has 1 fully saturated rings. The van der Waals surface area contributed by atoms with E-state index in [0.29, 0.717) is 18.5 Å². The second-order valence-electron chi connectivity index (χ2n) is 10.5. The Balaban J connectivity index is 2.00. The van der Waals surface area contributed by atoms with E-state index >= 15 is 0 Å². The number of Topliss-reactive ketones (excluding diaryl/α,β-unsaturated/α-hetero) is 2. The van der Waals surface area contributed by atoms with Crippen LogP contribution in [0.15, 0.2) is 29.5 Å². The van der Waals surface area contributed by atoms with Gasteiger partial charge < -0.3 is 31.5 Å². The Morgan fingerprint density at radius 2 is 1.89 bits per heavy atom. The summed E-state index contributed by atoms with van der Waals surface area (Å²) in [4.78, 5) is 41.5. The highest BCUT2D eigenvalue weighted by atomic mass is 16.3. The van der Waals surface area contributed by atoms with Gasteiger partial charge in [-0.15, -0.1) is 0 Å². The molecule has 1 aromatic rings. The molecule has 1 amide bonds. The fraction of sp³-hybridized carbons (Fsp3) is 0.577. The molecule has 36 heavy (non-hydrogen) atoms. The van der Waals surface area contributed by atoms with Gasteiger partial charge in [0.25, 0.3) is 5.91 Å². The van der Waals surface area contributed by atoms with Gasteiger partial charge >= 0.3 is 0 Å². The van der Waals surface area contributed by atoms with Gasteiger partial charge in [-0.3, -0.25) is 19.3 Å². The number of carbonyl (C=O) groups excluding carboxylic acids is 3. The molecule has 0 bridgehead atoms. The standard InChI is InChI=1S/C26H35N3O7/c1-5-6-10-28-23-16-14(11(2)12-8-7-9-13(30)15(12)20(16)31)21(32)18-19(29(3)4)22(33)17(25(27)35)24(34)26(18,23)36/h7-9,11,14,16,18-19,21,23,28,30,32-33,36H,5-6,10H2,1-4H3,(H2,27,35)/t11-,14?,16?,18?,19-,21-,23?,26-/m0/s1. The van der Waals surface area contributed by atoms with Crippen molar-refractivity contribution in [1.82, 2.24) is 10.2 Å². The number of aliphatic hydroxyl groups is 3. The minimum Gasteiger partial charge on any atom is -0.510 e. The number of benzene rings is 1. The number of aromatic hydroxyl groups is 1. The molecule has 0 aromatic heterocycles. The van der Waals surface area contributed by atoms with Crippen molar-refractivity contribution < 1.29 is 34.8 Å². The van der Waals surface area contributed by atoms with E-state index in [9.17, 15) is 34.8 Å². The molecule has 0 heterocycles. The van der Waals surface area contributed by atoms with E-state index in [4.69, 9.17) is 5.73 Å². The molecule has 196 valence electrons. The number of nitrogens with two attached hydrogens (primary N) is 1. The lowest BCUT2D eigenvalue weighted by atomic mass is 9.49. The normalized spacial score (nSPS) is 35.9. The lowest BCUT2D eigenvalue weighted by Gasteiger charge is -2.60. The molecule has 0 spiro atoms. The zero-order chi connectivity index (χ0) is 26.7. The third-order valence-electron chi connectivity index (χ3n) is 8.37. The van der Waals surface area contributed by atoms with Crippen LogP contribution in [0.3, 0.4) is 0 Å². The number of nitrogens with zero attached hydrogens (tertiary/aromatic N) is 1. The van der Waals surface area contributed by atoms with E-state index in [-0.39, 0.29) is 11.3 Å². The van der Waals surface area contributed by atoms with E-state index < -0.39 is 76.3 Å². The van der Waals surface area contributed by atoms with Crippen LogP contribution in [0, 0.1) is 17.8 Å². The molecule has 3 aliphatic carbocycles. The van der Waals surface area contributed by atoms with Crippen molar-refractivity contribution in [2.75, 3.05) is 20.6 Å². The van der Waals surface area contributed by atoms with Crippen LogP contribution in [0.2, 0.25) is 0 Å². The first kappa shape index (κ1) is 26.3. The molecule has 0 aliphatic heterocycles. The molecule has 10 heteroatoms. The highest BCUT2D eigenvalue weighted by molar-refractivity contribution is 6.23. The van der Waals surface area contributed by atoms with Crippen molar-refractivity contribution in [3.8, 4) is 5.75 Å². The maximum absolute atomic E-state index is 13.9. The summed E-state index contributed by atoms with van der Waals surface area (Å²) < 4.78 is 0. The molecule has 0 radical (unpaired) electrons.